The molecule has 1 aromatic carbocycles. The van der Waals surface area contributed by atoms with E-state index in [9.17, 15) is 4.79 Å². The van der Waals surface area contributed by atoms with Crippen LogP contribution in [-0.2, 0) is 17.7 Å². The molecule has 0 saturated heterocycles. The summed E-state index contributed by atoms with van der Waals surface area (Å²) in [6, 6.07) is 11.3. The molecule has 29 heavy (non-hydrogen) atoms. The van der Waals surface area contributed by atoms with Gasteiger partial charge in [-0.25, -0.2) is 9.78 Å². The van der Waals surface area contributed by atoms with E-state index in [1.165, 1.54) is 0 Å². The monoisotopic (exact) mass is 393 g/mol. The molecule has 3 heterocycles. The molecular formula is C22H27N5O2. The van der Waals surface area contributed by atoms with E-state index in [0.29, 0.717) is 12.4 Å². The van der Waals surface area contributed by atoms with Gasteiger partial charge < -0.3 is 10.1 Å². The lowest BCUT2D eigenvalue weighted by Crippen LogP contribution is -2.40. The largest absolute Gasteiger partial charge is 0.376 e. The summed E-state index contributed by atoms with van der Waals surface area (Å²) in [5.41, 5.74) is 3.00. The topological polar surface area (TPSA) is 81.1 Å². The van der Waals surface area contributed by atoms with Gasteiger partial charge in [-0.15, -0.1) is 0 Å². The molecule has 2 atom stereocenters. The Morgan fingerprint density at radius 3 is 2.83 bits per heavy atom. The predicted octanol–water partition coefficient (Wildman–Crippen LogP) is 4.06. The number of carbonyl (C=O) groups excluding carboxylic acids is 1. The molecule has 2 aromatic heterocycles. The summed E-state index contributed by atoms with van der Waals surface area (Å²) < 4.78 is 8.16. The Hall–Kier alpha value is -2.93. The second kappa shape index (κ2) is 8.61. The zero-order valence-electron chi connectivity index (χ0n) is 16.9. The van der Waals surface area contributed by atoms with Gasteiger partial charge in [-0.05, 0) is 37.8 Å². The van der Waals surface area contributed by atoms with Gasteiger partial charge in [0.2, 0.25) is 0 Å². The molecule has 7 heteroatoms. The van der Waals surface area contributed by atoms with Crippen molar-refractivity contribution in [3.8, 4) is 0 Å². The quantitative estimate of drug-likeness (QED) is 0.703. The molecule has 0 aliphatic carbocycles. The van der Waals surface area contributed by atoms with E-state index in [-0.39, 0.29) is 18.2 Å². The minimum absolute atomic E-state index is 0.102. The minimum Gasteiger partial charge on any atom is -0.376 e. The highest BCUT2D eigenvalue weighted by molar-refractivity contribution is 5.92. The SMILES string of the molecule is CC[C@H]1OCCCc2nc(cc3cnn(CC)c23)NC(=O)N[C@H]1c1ccccc1. The number of nitrogens with one attached hydrogen (secondary N) is 2. The average Bonchev–Trinajstić information content (AvgIpc) is 3.15. The van der Waals surface area contributed by atoms with Gasteiger partial charge in [0, 0.05) is 18.5 Å². The zero-order valence-corrected chi connectivity index (χ0v) is 16.9. The minimum atomic E-state index is -0.290. The Kier molecular flexibility index (Phi) is 5.76. The fraction of sp³-hybridized carbons (Fsp3) is 0.409. The number of aryl methyl sites for hydroxylation is 2. The van der Waals surface area contributed by atoms with E-state index in [4.69, 9.17) is 9.72 Å². The van der Waals surface area contributed by atoms with Gasteiger partial charge in [0.15, 0.2) is 0 Å². The van der Waals surface area contributed by atoms with Crippen molar-refractivity contribution in [3.63, 3.8) is 0 Å². The van der Waals surface area contributed by atoms with Crippen LogP contribution < -0.4 is 10.6 Å². The highest BCUT2D eigenvalue weighted by Crippen LogP contribution is 2.25. The fourth-order valence-electron chi connectivity index (χ4n) is 3.95. The lowest BCUT2D eigenvalue weighted by atomic mass is 9.99. The summed E-state index contributed by atoms with van der Waals surface area (Å²) in [6.07, 6.45) is 4.15. The summed E-state index contributed by atoms with van der Waals surface area (Å²) in [5.74, 6) is 0.544. The highest BCUT2D eigenvalue weighted by atomic mass is 16.5. The van der Waals surface area contributed by atoms with Gasteiger partial charge in [0.25, 0.3) is 0 Å². The number of nitrogens with zero attached hydrogens (tertiary/aromatic N) is 3. The maximum absolute atomic E-state index is 12.8. The van der Waals surface area contributed by atoms with Gasteiger partial charge >= 0.3 is 6.03 Å². The molecule has 1 aliphatic rings. The molecule has 0 spiro atoms. The molecular weight excluding hydrogens is 366 g/mol. The standard InChI is InChI=1S/C22H27N5O2/c1-3-18-20(15-9-6-5-7-10-15)26-22(28)25-19-13-16-14-23-27(4-2)21(16)17(24-19)11-8-12-29-18/h5-7,9-10,13-14,18,20H,3-4,8,11-12H2,1-2H3,(H2,24,25,26,28)/t18-,20+/m1/s1. The second-order valence-electron chi connectivity index (χ2n) is 7.26. The molecule has 3 aromatic rings. The lowest BCUT2D eigenvalue weighted by Gasteiger charge is -2.28. The Labute approximate surface area is 170 Å². The molecule has 7 nitrogen and oxygen atoms in total. The van der Waals surface area contributed by atoms with Gasteiger partial charge in [-0.2, -0.15) is 5.10 Å². The van der Waals surface area contributed by atoms with Crippen LogP contribution in [0.5, 0.6) is 0 Å². The first-order chi connectivity index (χ1) is 14.2. The third-order valence-corrected chi connectivity index (χ3v) is 5.34. The van der Waals surface area contributed by atoms with Crippen molar-refractivity contribution in [2.45, 2.75) is 51.8 Å². The van der Waals surface area contributed by atoms with Gasteiger partial charge in [-0.3, -0.25) is 10.00 Å². The summed E-state index contributed by atoms with van der Waals surface area (Å²) in [6.45, 7) is 5.53. The zero-order chi connectivity index (χ0) is 20.2. The van der Waals surface area contributed by atoms with E-state index >= 15 is 0 Å². The van der Waals surface area contributed by atoms with Gasteiger partial charge in [0.05, 0.1) is 29.6 Å². The number of pyridine rings is 1. The van der Waals surface area contributed by atoms with E-state index in [1.807, 2.05) is 47.3 Å². The normalized spacial score (nSPS) is 20.4. The van der Waals surface area contributed by atoms with Crippen LogP contribution in [0.2, 0.25) is 0 Å². The van der Waals surface area contributed by atoms with Crippen LogP contribution in [0.3, 0.4) is 0 Å². The van der Waals surface area contributed by atoms with Crippen LogP contribution in [0.1, 0.15) is 44.0 Å². The number of benzene rings is 1. The van der Waals surface area contributed by atoms with Crippen molar-refractivity contribution < 1.29 is 9.53 Å². The van der Waals surface area contributed by atoms with Gasteiger partial charge in [-0.1, -0.05) is 37.3 Å². The maximum Gasteiger partial charge on any atom is 0.320 e. The van der Waals surface area contributed by atoms with Crippen LogP contribution in [0, 0.1) is 0 Å². The molecule has 0 fully saturated rings. The number of amides is 2. The van der Waals surface area contributed by atoms with Crippen molar-refractivity contribution in [2.24, 2.45) is 0 Å². The number of anilines is 1. The average molecular weight is 393 g/mol. The second-order valence-corrected chi connectivity index (χ2v) is 7.26. The Morgan fingerprint density at radius 2 is 2.07 bits per heavy atom. The molecule has 2 bridgehead atoms. The van der Waals surface area contributed by atoms with Crippen LogP contribution in [0.4, 0.5) is 10.6 Å². The first kappa shape index (κ1) is 19.4. The van der Waals surface area contributed by atoms with E-state index < -0.39 is 0 Å². The molecule has 2 N–H and O–H groups in total. The van der Waals surface area contributed by atoms with Crippen molar-refractivity contribution >= 4 is 22.8 Å². The lowest BCUT2D eigenvalue weighted by molar-refractivity contribution is 0.0249. The smallest absolute Gasteiger partial charge is 0.320 e. The number of hydrogen-bond acceptors (Lipinski definition) is 4. The maximum atomic E-state index is 12.8. The van der Waals surface area contributed by atoms with Crippen molar-refractivity contribution in [1.29, 1.82) is 0 Å². The molecule has 0 unspecified atom stereocenters. The number of rotatable bonds is 3. The van der Waals surface area contributed by atoms with Crippen molar-refractivity contribution in [3.05, 3.63) is 53.9 Å². The van der Waals surface area contributed by atoms with Gasteiger partial charge in [0.1, 0.15) is 5.82 Å². The molecule has 1 aliphatic heterocycles. The number of ether oxygens (including phenoxy) is 1. The van der Waals surface area contributed by atoms with Crippen LogP contribution >= 0.6 is 0 Å². The van der Waals surface area contributed by atoms with E-state index in [0.717, 1.165) is 48.0 Å². The van der Waals surface area contributed by atoms with Crippen LogP contribution in [0.15, 0.2) is 42.6 Å². The van der Waals surface area contributed by atoms with Crippen molar-refractivity contribution in [1.82, 2.24) is 20.1 Å². The summed E-state index contributed by atoms with van der Waals surface area (Å²) in [7, 11) is 0. The molecule has 4 rings (SSSR count). The Balaban J connectivity index is 1.69. The number of hydrogen-bond donors (Lipinski definition) is 2. The number of aromatic nitrogens is 3. The summed E-state index contributed by atoms with van der Waals surface area (Å²) in [4.78, 5) is 17.5. The summed E-state index contributed by atoms with van der Waals surface area (Å²) >= 11 is 0. The van der Waals surface area contributed by atoms with Crippen LogP contribution in [-0.4, -0.2) is 33.5 Å². The first-order valence-electron chi connectivity index (χ1n) is 10.3. The first-order valence-corrected chi connectivity index (χ1v) is 10.3. The Bertz CT molecular complexity index is 986. The number of urea groups is 1. The highest BCUT2D eigenvalue weighted by Gasteiger charge is 2.25. The third-order valence-electron chi connectivity index (χ3n) is 5.34. The fourth-order valence-corrected chi connectivity index (χ4v) is 3.95. The van der Waals surface area contributed by atoms with Crippen molar-refractivity contribution in [2.75, 3.05) is 11.9 Å². The number of fused-ring (bicyclic) bond motifs is 4. The van der Waals surface area contributed by atoms with E-state index in [1.54, 1.807) is 0 Å². The Morgan fingerprint density at radius 1 is 1.24 bits per heavy atom. The third kappa shape index (κ3) is 4.10. The molecule has 2 amide bonds. The predicted molar refractivity (Wildman–Crippen MR) is 113 cm³/mol. The molecule has 0 saturated carbocycles. The van der Waals surface area contributed by atoms with Crippen LogP contribution in [0.25, 0.3) is 10.9 Å². The summed E-state index contributed by atoms with van der Waals surface area (Å²) in [5, 5.41) is 11.4. The number of carbonyl (C=O) groups is 1. The molecule has 0 radical (unpaired) electrons. The van der Waals surface area contributed by atoms with E-state index in [2.05, 4.69) is 29.6 Å². The molecule has 152 valence electrons.